The smallest absolute Gasteiger partial charge is 0.317 e. The van der Waals surface area contributed by atoms with Crippen molar-refractivity contribution in [3.63, 3.8) is 0 Å². The molecule has 4 rings (SSSR count). The Hall–Kier alpha value is -2.01. The van der Waals surface area contributed by atoms with Crippen LogP contribution in [0.2, 0.25) is 0 Å². The van der Waals surface area contributed by atoms with Crippen molar-refractivity contribution in [1.29, 1.82) is 0 Å². The number of amides is 2. The molecular weight excluding hydrogens is 348 g/mol. The third-order valence-corrected chi connectivity index (χ3v) is 6.93. The van der Waals surface area contributed by atoms with Crippen molar-refractivity contribution in [3.8, 4) is 0 Å². The molecule has 152 valence electrons. The number of aromatic nitrogens is 1. The first-order valence-corrected chi connectivity index (χ1v) is 11.0. The lowest BCUT2D eigenvalue weighted by Gasteiger charge is -2.47. The fourth-order valence-electron chi connectivity index (χ4n) is 5.51. The molecule has 0 spiro atoms. The standard InChI is InChI=1S/C23H34N4O/c1-5-19-18-13-21-17(16-10-9-11-20(25-19)22(16)18)12-15(14-27(21)8-4)24-23(28)26(6-2)7-3/h9-11,15,17,21,25H,5-8,12-14H2,1-4H3,(H,24,28)/t15-,17+,21+/m0/s1. The molecule has 2 N–H and O–H groups in total. The van der Waals surface area contributed by atoms with Crippen LogP contribution in [-0.4, -0.2) is 59.1 Å². The summed E-state index contributed by atoms with van der Waals surface area (Å²) in [6, 6.07) is 7.53. The predicted octanol–water partition coefficient (Wildman–Crippen LogP) is 3.88. The number of H-pyrrole nitrogens is 1. The molecule has 0 radical (unpaired) electrons. The van der Waals surface area contributed by atoms with Crippen LogP contribution in [0.5, 0.6) is 0 Å². The van der Waals surface area contributed by atoms with E-state index in [1.807, 2.05) is 18.7 Å². The van der Waals surface area contributed by atoms with Gasteiger partial charge in [0.05, 0.1) is 0 Å². The van der Waals surface area contributed by atoms with E-state index < -0.39 is 0 Å². The minimum atomic E-state index is 0.0779. The van der Waals surface area contributed by atoms with Gasteiger partial charge in [-0.2, -0.15) is 0 Å². The van der Waals surface area contributed by atoms with Gasteiger partial charge >= 0.3 is 6.03 Å². The first-order valence-electron chi connectivity index (χ1n) is 11.0. The number of likely N-dealkylation sites (N-methyl/N-ethyl adjacent to an activating group) is 1. The van der Waals surface area contributed by atoms with E-state index in [1.165, 1.54) is 27.7 Å². The number of likely N-dealkylation sites (tertiary alicyclic amines) is 1. The molecule has 2 heterocycles. The van der Waals surface area contributed by atoms with Gasteiger partial charge in [0.1, 0.15) is 0 Å². The fourth-order valence-corrected chi connectivity index (χ4v) is 5.51. The lowest BCUT2D eigenvalue weighted by Crippen LogP contribution is -2.57. The molecule has 2 aromatic rings. The van der Waals surface area contributed by atoms with Gasteiger partial charge in [0, 0.05) is 54.2 Å². The van der Waals surface area contributed by atoms with Gasteiger partial charge in [-0.15, -0.1) is 0 Å². The Labute approximate surface area is 168 Å². The second kappa shape index (κ2) is 7.78. The number of aryl methyl sites for hydroxylation is 1. The molecule has 1 aromatic heterocycles. The first kappa shape index (κ1) is 19.3. The third-order valence-electron chi connectivity index (χ3n) is 6.93. The highest BCUT2D eigenvalue weighted by Gasteiger charge is 2.41. The van der Waals surface area contributed by atoms with E-state index in [0.29, 0.717) is 12.0 Å². The van der Waals surface area contributed by atoms with Crippen molar-refractivity contribution >= 4 is 16.9 Å². The van der Waals surface area contributed by atoms with Crippen LogP contribution in [0.15, 0.2) is 18.2 Å². The summed E-state index contributed by atoms with van der Waals surface area (Å²) in [5, 5.41) is 4.78. The molecule has 3 atom stereocenters. The molecule has 1 aliphatic heterocycles. The van der Waals surface area contributed by atoms with Crippen molar-refractivity contribution in [3.05, 3.63) is 35.0 Å². The summed E-state index contributed by atoms with van der Waals surface area (Å²) in [6.45, 7) is 12.0. The molecule has 0 saturated carbocycles. The summed E-state index contributed by atoms with van der Waals surface area (Å²) in [5.41, 5.74) is 5.67. The first-order chi connectivity index (χ1) is 13.6. The van der Waals surface area contributed by atoms with Crippen LogP contribution in [0.25, 0.3) is 10.9 Å². The molecule has 0 unspecified atom stereocenters. The van der Waals surface area contributed by atoms with Crippen LogP contribution in [0.3, 0.4) is 0 Å². The average molecular weight is 383 g/mol. The SMILES string of the molecule is CCc1[nH]c2cccc3c2c1C[C@@H]1[C@@H]3C[C@H](NC(=O)N(CC)CC)CN1CC. The van der Waals surface area contributed by atoms with E-state index in [1.54, 1.807) is 0 Å². The number of carbonyl (C=O) groups excluding carboxylic acids is 1. The number of fused-ring (bicyclic) bond motifs is 2. The number of rotatable bonds is 5. The van der Waals surface area contributed by atoms with E-state index in [0.717, 1.165) is 45.4 Å². The summed E-state index contributed by atoms with van der Waals surface area (Å²) in [4.78, 5) is 20.8. The Kier molecular flexibility index (Phi) is 5.37. The van der Waals surface area contributed by atoms with Gasteiger partial charge in [-0.25, -0.2) is 4.79 Å². The van der Waals surface area contributed by atoms with Crippen LogP contribution in [0.4, 0.5) is 4.79 Å². The van der Waals surface area contributed by atoms with Crippen LogP contribution in [0.1, 0.15) is 56.9 Å². The number of nitrogens with one attached hydrogen (secondary N) is 2. The molecule has 0 bridgehead atoms. The Morgan fingerprint density at radius 1 is 1.25 bits per heavy atom. The van der Waals surface area contributed by atoms with Crippen molar-refractivity contribution in [2.45, 2.75) is 65.0 Å². The number of hydrogen-bond donors (Lipinski definition) is 2. The van der Waals surface area contributed by atoms with Crippen molar-refractivity contribution in [2.75, 3.05) is 26.2 Å². The zero-order valence-corrected chi connectivity index (χ0v) is 17.7. The minimum absolute atomic E-state index is 0.0779. The quantitative estimate of drug-likeness (QED) is 0.824. The van der Waals surface area contributed by atoms with Gasteiger partial charge in [0.15, 0.2) is 0 Å². The molecule has 2 aliphatic rings. The zero-order chi connectivity index (χ0) is 19.8. The van der Waals surface area contributed by atoms with Crippen LogP contribution < -0.4 is 5.32 Å². The van der Waals surface area contributed by atoms with Crippen molar-refractivity contribution in [1.82, 2.24) is 20.1 Å². The zero-order valence-electron chi connectivity index (χ0n) is 17.7. The van der Waals surface area contributed by atoms with Crippen LogP contribution in [0, 0.1) is 0 Å². The summed E-state index contributed by atoms with van der Waals surface area (Å²) >= 11 is 0. The summed E-state index contributed by atoms with van der Waals surface area (Å²) in [6.07, 6.45) is 3.20. The van der Waals surface area contributed by atoms with Crippen molar-refractivity contribution in [2.24, 2.45) is 0 Å². The van der Waals surface area contributed by atoms with Gasteiger partial charge in [-0.3, -0.25) is 4.90 Å². The van der Waals surface area contributed by atoms with E-state index >= 15 is 0 Å². The fraction of sp³-hybridized carbons (Fsp3) is 0.609. The normalized spacial score (nSPS) is 24.2. The molecule has 5 heteroatoms. The second-order valence-corrected chi connectivity index (χ2v) is 8.23. The second-order valence-electron chi connectivity index (χ2n) is 8.23. The number of piperidine rings is 1. The van der Waals surface area contributed by atoms with E-state index in [2.05, 4.69) is 47.2 Å². The predicted molar refractivity (Wildman–Crippen MR) is 115 cm³/mol. The highest BCUT2D eigenvalue weighted by atomic mass is 16.2. The molecule has 1 aliphatic carbocycles. The molecule has 1 fully saturated rings. The molecule has 5 nitrogen and oxygen atoms in total. The monoisotopic (exact) mass is 382 g/mol. The highest BCUT2D eigenvalue weighted by Crippen LogP contribution is 2.44. The number of nitrogens with zero attached hydrogens (tertiary/aromatic N) is 2. The van der Waals surface area contributed by atoms with Gasteiger partial charge in [0.2, 0.25) is 0 Å². The molecule has 28 heavy (non-hydrogen) atoms. The number of urea groups is 1. The number of benzene rings is 1. The van der Waals surface area contributed by atoms with Gasteiger partial charge in [0.25, 0.3) is 0 Å². The van der Waals surface area contributed by atoms with E-state index in [-0.39, 0.29) is 12.1 Å². The van der Waals surface area contributed by atoms with Gasteiger partial charge in [-0.1, -0.05) is 26.0 Å². The van der Waals surface area contributed by atoms with E-state index in [4.69, 9.17) is 0 Å². The Morgan fingerprint density at radius 3 is 2.71 bits per heavy atom. The number of hydrogen-bond acceptors (Lipinski definition) is 2. The Bertz CT molecular complexity index is 854. The number of carbonyl (C=O) groups is 1. The van der Waals surface area contributed by atoms with Crippen molar-refractivity contribution < 1.29 is 4.79 Å². The average Bonchev–Trinajstić information content (AvgIpc) is 3.08. The Balaban J connectivity index is 1.66. The maximum atomic E-state index is 12.7. The largest absolute Gasteiger partial charge is 0.358 e. The van der Waals surface area contributed by atoms with Crippen LogP contribution in [-0.2, 0) is 12.8 Å². The van der Waals surface area contributed by atoms with E-state index in [9.17, 15) is 4.79 Å². The lowest BCUT2D eigenvalue weighted by atomic mass is 9.73. The third kappa shape index (κ3) is 3.10. The molecule has 2 amide bonds. The maximum Gasteiger partial charge on any atom is 0.317 e. The molecule has 1 saturated heterocycles. The minimum Gasteiger partial charge on any atom is -0.358 e. The Morgan fingerprint density at radius 2 is 2.04 bits per heavy atom. The molecular formula is C23H34N4O. The summed E-state index contributed by atoms with van der Waals surface area (Å²) in [5.74, 6) is 0.479. The number of aromatic amines is 1. The molecule has 1 aromatic carbocycles. The summed E-state index contributed by atoms with van der Waals surface area (Å²) in [7, 11) is 0. The highest BCUT2D eigenvalue weighted by molar-refractivity contribution is 5.89. The topological polar surface area (TPSA) is 51.4 Å². The van der Waals surface area contributed by atoms with Gasteiger partial charge in [-0.05, 0) is 56.8 Å². The van der Waals surface area contributed by atoms with Crippen LogP contribution >= 0.6 is 0 Å². The lowest BCUT2D eigenvalue weighted by molar-refractivity contribution is 0.103. The van der Waals surface area contributed by atoms with Gasteiger partial charge < -0.3 is 15.2 Å². The maximum absolute atomic E-state index is 12.7. The summed E-state index contributed by atoms with van der Waals surface area (Å²) < 4.78 is 0.